The van der Waals surface area contributed by atoms with Crippen LogP contribution in [0.5, 0.6) is 0 Å². The van der Waals surface area contributed by atoms with Gasteiger partial charge in [0.25, 0.3) is 0 Å². The van der Waals surface area contributed by atoms with E-state index in [4.69, 9.17) is 0 Å². The van der Waals surface area contributed by atoms with Crippen LogP contribution in [0.25, 0.3) is 0 Å². The Kier molecular flexibility index (Phi) is 7.64. The molecule has 1 aromatic carbocycles. The van der Waals surface area contributed by atoms with E-state index in [1.807, 2.05) is 24.3 Å². The van der Waals surface area contributed by atoms with Crippen molar-refractivity contribution in [2.45, 2.75) is 45.4 Å². The Balaban J connectivity index is 2.29. The molecule has 0 heterocycles. The van der Waals surface area contributed by atoms with E-state index in [-0.39, 0.29) is 5.97 Å². The summed E-state index contributed by atoms with van der Waals surface area (Å²) in [6.45, 7) is 2.23. The standard InChI is InChI=1S/C17H24O2/c1-3-4-5-6-7-8-9-10-15-11-13-16(14-12-15)17(18)19-2/h8-9,11-14H,3-7,10H2,1-2H3/b9-8-. The van der Waals surface area contributed by atoms with E-state index in [1.165, 1.54) is 44.8 Å². The van der Waals surface area contributed by atoms with Gasteiger partial charge in [0.2, 0.25) is 0 Å². The third kappa shape index (κ3) is 6.23. The highest BCUT2D eigenvalue weighted by Crippen LogP contribution is 2.08. The molecule has 0 unspecified atom stereocenters. The molecular formula is C17H24O2. The normalized spacial score (nSPS) is 10.8. The van der Waals surface area contributed by atoms with Gasteiger partial charge in [-0.15, -0.1) is 0 Å². The SMILES string of the molecule is CCCCCC/C=C\Cc1ccc(C(=O)OC)cc1. The van der Waals surface area contributed by atoms with Gasteiger partial charge in [-0.25, -0.2) is 4.79 Å². The molecule has 0 aliphatic heterocycles. The number of hydrogen-bond donors (Lipinski definition) is 0. The first-order valence-corrected chi connectivity index (χ1v) is 7.10. The lowest BCUT2D eigenvalue weighted by atomic mass is 10.1. The largest absolute Gasteiger partial charge is 0.465 e. The van der Waals surface area contributed by atoms with Gasteiger partial charge in [-0.2, -0.15) is 0 Å². The topological polar surface area (TPSA) is 26.3 Å². The number of carbonyl (C=O) groups excluding carboxylic acids is 1. The minimum atomic E-state index is -0.280. The molecule has 0 saturated heterocycles. The summed E-state index contributed by atoms with van der Waals surface area (Å²) in [6, 6.07) is 7.59. The van der Waals surface area contributed by atoms with Gasteiger partial charge in [-0.05, 0) is 37.0 Å². The van der Waals surface area contributed by atoms with E-state index in [0.29, 0.717) is 5.56 Å². The number of unbranched alkanes of at least 4 members (excludes halogenated alkanes) is 4. The van der Waals surface area contributed by atoms with Crippen molar-refractivity contribution in [2.75, 3.05) is 7.11 Å². The molecule has 1 rings (SSSR count). The van der Waals surface area contributed by atoms with Crippen molar-refractivity contribution in [3.63, 3.8) is 0 Å². The van der Waals surface area contributed by atoms with Crippen LogP contribution in [0.15, 0.2) is 36.4 Å². The third-order valence-electron chi connectivity index (χ3n) is 3.12. The Hall–Kier alpha value is -1.57. The molecule has 2 heteroatoms. The summed E-state index contributed by atoms with van der Waals surface area (Å²) in [4.78, 5) is 11.3. The number of carbonyl (C=O) groups is 1. The predicted octanol–water partition coefficient (Wildman–Crippen LogP) is 4.54. The quantitative estimate of drug-likeness (QED) is 0.389. The molecule has 19 heavy (non-hydrogen) atoms. The summed E-state index contributed by atoms with van der Waals surface area (Å²) >= 11 is 0. The van der Waals surface area contributed by atoms with Crippen LogP contribution in [0.1, 0.15) is 54.9 Å². The Morgan fingerprint density at radius 1 is 1.11 bits per heavy atom. The van der Waals surface area contributed by atoms with Crippen LogP contribution >= 0.6 is 0 Å². The number of hydrogen-bond acceptors (Lipinski definition) is 2. The van der Waals surface area contributed by atoms with Crippen molar-refractivity contribution < 1.29 is 9.53 Å². The van der Waals surface area contributed by atoms with Crippen LogP contribution in [0.4, 0.5) is 0 Å². The molecule has 0 spiro atoms. The first kappa shape index (κ1) is 15.5. The van der Waals surface area contributed by atoms with Crippen LogP contribution in [0.2, 0.25) is 0 Å². The summed E-state index contributed by atoms with van der Waals surface area (Å²) in [6.07, 6.45) is 11.8. The molecule has 1 aromatic rings. The predicted molar refractivity (Wildman–Crippen MR) is 79.4 cm³/mol. The first-order chi connectivity index (χ1) is 9.27. The smallest absolute Gasteiger partial charge is 0.337 e. The second-order valence-electron chi connectivity index (χ2n) is 4.71. The summed E-state index contributed by atoms with van der Waals surface area (Å²) in [7, 11) is 1.40. The first-order valence-electron chi connectivity index (χ1n) is 7.10. The number of benzene rings is 1. The van der Waals surface area contributed by atoms with Gasteiger partial charge < -0.3 is 4.74 Å². The average molecular weight is 260 g/mol. The molecule has 0 aromatic heterocycles. The highest BCUT2D eigenvalue weighted by Gasteiger charge is 2.03. The molecule has 0 atom stereocenters. The highest BCUT2D eigenvalue weighted by molar-refractivity contribution is 5.89. The number of allylic oxidation sites excluding steroid dienone is 2. The molecule has 0 saturated carbocycles. The van der Waals surface area contributed by atoms with Crippen LogP contribution in [0.3, 0.4) is 0 Å². The van der Waals surface area contributed by atoms with Crippen molar-refractivity contribution >= 4 is 5.97 Å². The van der Waals surface area contributed by atoms with Gasteiger partial charge in [0.05, 0.1) is 12.7 Å². The Labute approximate surface area is 116 Å². The maximum Gasteiger partial charge on any atom is 0.337 e. The second-order valence-corrected chi connectivity index (χ2v) is 4.71. The van der Waals surface area contributed by atoms with Crippen molar-refractivity contribution in [3.8, 4) is 0 Å². The summed E-state index contributed by atoms with van der Waals surface area (Å²) < 4.78 is 4.67. The van der Waals surface area contributed by atoms with Gasteiger partial charge in [0.15, 0.2) is 0 Å². The molecule has 0 radical (unpaired) electrons. The lowest BCUT2D eigenvalue weighted by molar-refractivity contribution is 0.0600. The zero-order chi connectivity index (χ0) is 13.9. The molecule has 0 amide bonds. The fraction of sp³-hybridized carbons (Fsp3) is 0.471. The molecule has 0 aliphatic carbocycles. The number of methoxy groups -OCH3 is 1. The number of rotatable bonds is 8. The average Bonchev–Trinajstić information content (AvgIpc) is 2.46. The van der Waals surface area contributed by atoms with Crippen molar-refractivity contribution in [2.24, 2.45) is 0 Å². The Bertz CT molecular complexity index is 390. The van der Waals surface area contributed by atoms with Crippen molar-refractivity contribution in [3.05, 3.63) is 47.5 Å². The van der Waals surface area contributed by atoms with Crippen LogP contribution in [-0.2, 0) is 11.2 Å². The van der Waals surface area contributed by atoms with Crippen LogP contribution in [0, 0.1) is 0 Å². The van der Waals surface area contributed by atoms with Crippen molar-refractivity contribution in [1.82, 2.24) is 0 Å². The van der Waals surface area contributed by atoms with E-state index in [1.54, 1.807) is 0 Å². The fourth-order valence-electron chi connectivity index (χ4n) is 1.92. The molecule has 0 aliphatic rings. The number of ether oxygens (including phenoxy) is 1. The summed E-state index contributed by atoms with van der Waals surface area (Å²) in [5.41, 5.74) is 1.83. The van der Waals surface area contributed by atoms with Gasteiger partial charge in [0.1, 0.15) is 0 Å². The lowest BCUT2D eigenvalue weighted by Crippen LogP contribution is -2.00. The van der Waals surface area contributed by atoms with E-state index >= 15 is 0 Å². The van der Waals surface area contributed by atoms with Crippen molar-refractivity contribution in [1.29, 1.82) is 0 Å². The van der Waals surface area contributed by atoms with Crippen LogP contribution < -0.4 is 0 Å². The summed E-state index contributed by atoms with van der Waals surface area (Å²) in [5.74, 6) is -0.280. The molecule has 0 bridgehead atoms. The monoisotopic (exact) mass is 260 g/mol. The van der Waals surface area contributed by atoms with Crippen LogP contribution in [-0.4, -0.2) is 13.1 Å². The maximum atomic E-state index is 11.3. The van der Waals surface area contributed by atoms with E-state index < -0.39 is 0 Å². The number of esters is 1. The lowest BCUT2D eigenvalue weighted by Gasteiger charge is -2.00. The molecule has 2 nitrogen and oxygen atoms in total. The minimum Gasteiger partial charge on any atom is -0.465 e. The van der Waals surface area contributed by atoms with E-state index in [9.17, 15) is 4.79 Å². The van der Waals surface area contributed by atoms with Gasteiger partial charge in [0, 0.05) is 0 Å². The third-order valence-corrected chi connectivity index (χ3v) is 3.12. The van der Waals surface area contributed by atoms with Gasteiger partial charge in [-0.1, -0.05) is 50.5 Å². The molecule has 0 N–H and O–H groups in total. The Morgan fingerprint density at radius 2 is 1.84 bits per heavy atom. The molecular weight excluding hydrogens is 236 g/mol. The minimum absolute atomic E-state index is 0.280. The van der Waals surface area contributed by atoms with Gasteiger partial charge in [-0.3, -0.25) is 0 Å². The zero-order valence-electron chi connectivity index (χ0n) is 12.0. The fourth-order valence-corrected chi connectivity index (χ4v) is 1.92. The maximum absolute atomic E-state index is 11.3. The summed E-state index contributed by atoms with van der Waals surface area (Å²) in [5, 5.41) is 0. The van der Waals surface area contributed by atoms with Gasteiger partial charge >= 0.3 is 5.97 Å². The molecule has 0 fully saturated rings. The highest BCUT2D eigenvalue weighted by atomic mass is 16.5. The molecule has 104 valence electrons. The zero-order valence-corrected chi connectivity index (χ0v) is 12.0. The van der Waals surface area contributed by atoms with E-state index in [2.05, 4.69) is 23.8 Å². The second kappa shape index (κ2) is 9.37. The Morgan fingerprint density at radius 3 is 2.47 bits per heavy atom. The van der Waals surface area contributed by atoms with E-state index in [0.717, 1.165) is 6.42 Å².